The van der Waals surface area contributed by atoms with Gasteiger partial charge in [0.05, 0.1) is 6.61 Å². The van der Waals surface area contributed by atoms with Crippen molar-refractivity contribution < 1.29 is 9.90 Å². The molecule has 2 N–H and O–H groups in total. The van der Waals surface area contributed by atoms with E-state index in [9.17, 15) is 9.90 Å². The van der Waals surface area contributed by atoms with E-state index >= 15 is 0 Å². The van der Waals surface area contributed by atoms with Crippen LogP contribution >= 0.6 is 0 Å². The molecule has 0 heterocycles. The van der Waals surface area contributed by atoms with Crippen LogP contribution in [0.15, 0.2) is 0 Å². The Balaban J connectivity index is 3.85. The maximum absolute atomic E-state index is 10.6. The average molecular weight is 146 g/mol. The Labute approximate surface area is 55.9 Å². The van der Waals surface area contributed by atoms with Gasteiger partial charge in [0.2, 0.25) is 0 Å². The van der Waals surface area contributed by atoms with Crippen molar-refractivity contribution in [2.45, 2.75) is 19.1 Å². The minimum Gasteiger partial charge on any atom is -0.374 e. The van der Waals surface area contributed by atoms with Crippen LogP contribution in [0.4, 0.5) is 4.79 Å². The molecular formula is C5H12NO2Si. The summed E-state index contributed by atoms with van der Waals surface area (Å²) < 4.78 is 0. The van der Waals surface area contributed by atoms with Crippen LogP contribution in [0.2, 0.25) is 19.1 Å². The van der Waals surface area contributed by atoms with Gasteiger partial charge in [-0.1, -0.05) is 13.1 Å². The van der Waals surface area contributed by atoms with Crippen molar-refractivity contribution in [1.29, 1.82) is 0 Å². The van der Waals surface area contributed by atoms with Crippen molar-refractivity contribution in [3.8, 4) is 0 Å². The SMILES string of the molecule is C[Si](C)(CC[O])C(N)=O. The van der Waals surface area contributed by atoms with Crippen molar-refractivity contribution in [1.82, 2.24) is 0 Å². The largest absolute Gasteiger partial charge is 0.374 e. The molecule has 0 bridgehead atoms. The summed E-state index contributed by atoms with van der Waals surface area (Å²) in [6.07, 6.45) is 0. The minimum absolute atomic E-state index is 0.178. The van der Waals surface area contributed by atoms with E-state index in [4.69, 9.17) is 5.73 Å². The molecule has 0 fully saturated rings. The third kappa shape index (κ3) is 2.62. The van der Waals surface area contributed by atoms with Gasteiger partial charge in [0.15, 0.2) is 13.6 Å². The van der Waals surface area contributed by atoms with Crippen LogP contribution < -0.4 is 5.73 Å². The predicted octanol–water partition coefficient (Wildman–Crippen LogP) is 0.786. The van der Waals surface area contributed by atoms with Crippen molar-refractivity contribution in [2.75, 3.05) is 6.61 Å². The maximum Gasteiger partial charge on any atom is 0.189 e. The van der Waals surface area contributed by atoms with E-state index in [1.807, 2.05) is 13.1 Å². The summed E-state index contributed by atoms with van der Waals surface area (Å²) in [6, 6.07) is 0.461. The fourth-order valence-electron chi connectivity index (χ4n) is 0.378. The molecule has 0 aromatic heterocycles. The third-order valence-corrected chi connectivity index (χ3v) is 4.18. The van der Waals surface area contributed by atoms with Gasteiger partial charge in [-0.3, -0.25) is 4.79 Å². The molecule has 0 saturated heterocycles. The zero-order chi connectivity index (χ0) is 7.49. The van der Waals surface area contributed by atoms with E-state index in [2.05, 4.69) is 0 Å². The standard InChI is InChI=1S/C5H12NO2Si/c1-9(2,4-3-7)5(6)8/h3-4H2,1-2H3,(H2,6,8). The molecule has 0 aliphatic heterocycles. The van der Waals surface area contributed by atoms with E-state index in [0.717, 1.165) is 0 Å². The van der Waals surface area contributed by atoms with E-state index in [1.165, 1.54) is 0 Å². The molecule has 0 saturated carbocycles. The molecule has 53 valence electrons. The van der Waals surface area contributed by atoms with Crippen LogP contribution in [0.25, 0.3) is 0 Å². The lowest BCUT2D eigenvalue weighted by atomic mass is 10.9. The van der Waals surface area contributed by atoms with E-state index in [-0.39, 0.29) is 12.1 Å². The van der Waals surface area contributed by atoms with Gasteiger partial charge < -0.3 is 5.73 Å². The van der Waals surface area contributed by atoms with E-state index in [0.29, 0.717) is 6.04 Å². The van der Waals surface area contributed by atoms with Crippen LogP contribution in [-0.2, 0) is 5.11 Å². The monoisotopic (exact) mass is 146 g/mol. The lowest BCUT2D eigenvalue weighted by Gasteiger charge is -2.14. The maximum atomic E-state index is 10.6. The first-order valence-electron chi connectivity index (χ1n) is 2.89. The molecular weight excluding hydrogens is 134 g/mol. The second-order valence-corrected chi connectivity index (χ2v) is 7.46. The summed E-state index contributed by atoms with van der Waals surface area (Å²) in [5.74, 6) is 0. The third-order valence-electron chi connectivity index (χ3n) is 1.39. The normalized spacial score (nSPS) is 11.4. The molecule has 0 aliphatic carbocycles. The summed E-state index contributed by atoms with van der Waals surface area (Å²) >= 11 is 0. The molecule has 1 amide bonds. The number of hydrogen-bond donors (Lipinski definition) is 1. The zero-order valence-corrected chi connectivity index (χ0v) is 6.81. The molecule has 3 nitrogen and oxygen atoms in total. The summed E-state index contributed by atoms with van der Waals surface area (Å²) in [7, 11) is -1.95. The van der Waals surface area contributed by atoms with Crippen molar-refractivity contribution in [2.24, 2.45) is 5.73 Å². The topological polar surface area (TPSA) is 63.0 Å². The van der Waals surface area contributed by atoms with Gasteiger partial charge in [-0.25, -0.2) is 5.11 Å². The Kier molecular flexibility index (Phi) is 2.86. The molecule has 0 spiro atoms. The molecule has 0 aromatic rings. The number of rotatable bonds is 3. The summed E-state index contributed by atoms with van der Waals surface area (Å²) in [6.45, 7) is 3.45. The van der Waals surface area contributed by atoms with Crippen LogP contribution in [0.5, 0.6) is 0 Å². The first-order valence-corrected chi connectivity index (χ1v) is 6.09. The predicted molar refractivity (Wildman–Crippen MR) is 37.4 cm³/mol. The van der Waals surface area contributed by atoms with Gasteiger partial charge in [-0.2, -0.15) is 0 Å². The smallest absolute Gasteiger partial charge is 0.189 e. The van der Waals surface area contributed by atoms with Crippen LogP contribution in [0.3, 0.4) is 0 Å². The molecule has 4 heteroatoms. The first-order chi connectivity index (χ1) is 4.00. The van der Waals surface area contributed by atoms with E-state index in [1.54, 1.807) is 0 Å². The summed E-state index contributed by atoms with van der Waals surface area (Å²) in [4.78, 5) is 10.6. The average Bonchev–Trinajstić information content (AvgIpc) is 1.65. The number of hydrogen-bond acceptors (Lipinski definition) is 1. The van der Waals surface area contributed by atoms with Crippen molar-refractivity contribution in [3.63, 3.8) is 0 Å². The molecule has 1 radical (unpaired) electrons. The molecule has 0 aromatic carbocycles. The Morgan fingerprint density at radius 3 is 2.11 bits per heavy atom. The highest BCUT2D eigenvalue weighted by atomic mass is 28.3. The van der Waals surface area contributed by atoms with Crippen molar-refractivity contribution >= 4 is 13.6 Å². The number of amides is 1. The molecule has 0 unspecified atom stereocenters. The lowest BCUT2D eigenvalue weighted by Crippen LogP contribution is -2.42. The van der Waals surface area contributed by atoms with Crippen LogP contribution in [-0.4, -0.2) is 20.2 Å². The molecule has 0 rings (SSSR count). The molecule has 0 aliphatic rings. The Bertz CT molecular complexity index is 114. The van der Waals surface area contributed by atoms with E-state index < -0.39 is 8.07 Å². The Morgan fingerprint density at radius 2 is 2.00 bits per heavy atom. The summed E-state index contributed by atoms with van der Waals surface area (Å²) in [5.41, 5.74) is 4.77. The highest BCUT2D eigenvalue weighted by Gasteiger charge is 2.27. The van der Waals surface area contributed by atoms with Crippen LogP contribution in [0, 0.1) is 0 Å². The highest BCUT2D eigenvalue weighted by molar-refractivity contribution is 7.03. The van der Waals surface area contributed by atoms with Gasteiger partial charge in [0.1, 0.15) is 0 Å². The lowest BCUT2D eigenvalue weighted by molar-refractivity contribution is 0.210. The van der Waals surface area contributed by atoms with Crippen LogP contribution in [0.1, 0.15) is 0 Å². The minimum atomic E-state index is -1.95. The Morgan fingerprint density at radius 1 is 1.56 bits per heavy atom. The second kappa shape index (κ2) is 2.98. The van der Waals surface area contributed by atoms with Gasteiger partial charge >= 0.3 is 0 Å². The second-order valence-electron chi connectivity index (χ2n) is 2.70. The number of nitrogens with two attached hydrogens (primary N) is 1. The van der Waals surface area contributed by atoms with Gasteiger partial charge in [0, 0.05) is 0 Å². The number of carbonyl (C=O) groups excluding carboxylic acids is 1. The van der Waals surface area contributed by atoms with Gasteiger partial charge in [0.25, 0.3) is 0 Å². The number of carbonyl (C=O) groups is 1. The first kappa shape index (κ1) is 8.65. The highest BCUT2D eigenvalue weighted by Crippen LogP contribution is 2.07. The Hall–Kier alpha value is -0.353. The fraction of sp³-hybridized carbons (Fsp3) is 0.800. The number of primary amides is 1. The quantitative estimate of drug-likeness (QED) is 0.588. The fourth-order valence-corrected chi connectivity index (χ4v) is 1.14. The molecule has 9 heavy (non-hydrogen) atoms. The van der Waals surface area contributed by atoms with Gasteiger partial charge in [-0.05, 0) is 6.04 Å². The molecule has 0 atom stereocenters. The zero-order valence-electron chi connectivity index (χ0n) is 5.81. The van der Waals surface area contributed by atoms with Gasteiger partial charge in [-0.15, -0.1) is 0 Å². The summed E-state index contributed by atoms with van der Waals surface area (Å²) in [5, 5.41) is 10.1. The van der Waals surface area contributed by atoms with Crippen molar-refractivity contribution in [3.05, 3.63) is 0 Å².